The van der Waals surface area contributed by atoms with E-state index in [1.165, 1.54) is 6.42 Å². The van der Waals surface area contributed by atoms with Gasteiger partial charge in [-0.25, -0.2) is 4.79 Å². The highest BCUT2D eigenvalue weighted by Gasteiger charge is 2.20. The van der Waals surface area contributed by atoms with E-state index in [0.29, 0.717) is 17.2 Å². The Balaban J connectivity index is 1.88. The minimum atomic E-state index is -0.598. The van der Waals surface area contributed by atoms with Crippen LogP contribution in [0.15, 0.2) is 18.2 Å². The number of hydrogen-bond donors (Lipinski definition) is 3. The lowest BCUT2D eigenvalue weighted by Gasteiger charge is -2.23. The maximum atomic E-state index is 12.2. The van der Waals surface area contributed by atoms with Gasteiger partial charge in [0.1, 0.15) is 17.5 Å². The molecule has 1 atom stereocenters. The van der Waals surface area contributed by atoms with Crippen LogP contribution in [-0.4, -0.2) is 38.2 Å². The van der Waals surface area contributed by atoms with E-state index in [-0.39, 0.29) is 6.04 Å². The molecule has 0 aliphatic heterocycles. The van der Waals surface area contributed by atoms with Gasteiger partial charge in [0, 0.05) is 12.1 Å². The van der Waals surface area contributed by atoms with Gasteiger partial charge in [-0.1, -0.05) is 19.3 Å². The fourth-order valence-electron chi connectivity index (χ4n) is 2.91. The van der Waals surface area contributed by atoms with Crippen LogP contribution in [0.3, 0.4) is 0 Å². The van der Waals surface area contributed by atoms with E-state index in [9.17, 15) is 9.59 Å². The Kier molecular flexibility index (Phi) is 6.91. The molecule has 0 radical (unpaired) electrons. The Bertz CT molecular complexity index is 600. The van der Waals surface area contributed by atoms with Gasteiger partial charge >= 0.3 is 6.03 Å². The molecule has 0 heterocycles. The van der Waals surface area contributed by atoms with Crippen LogP contribution in [0.4, 0.5) is 10.5 Å². The normalized spacial score (nSPS) is 15.8. The Morgan fingerprint density at radius 2 is 1.84 bits per heavy atom. The molecular formula is C18H27N3O4. The van der Waals surface area contributed by atoms with Crippen molar-refractivity contribution in [3.8, 4) is 11.5 Å². The zero-order valence-corrected chi connectivity index (χ0v) is 15.1. The summed E-state index contributed by atoms with van der Waals surface area (Å²) in [4.78, 5) is 24.2. The molecule has 1 aromatic carbocycles. The number of nitrogens with one attached hydrogen (secondary N) is 3. The molecule has 7 nitrogen and oxygen atoms in total. The van der Waals surface area contributed by atoms with Crippen LogP contribution in [-0.2, 0) is 4.79 Å². The lowest BCUT2D eigenvalue weighted by molar-refractivity contribution is -0.120. The minimum Gasteiger partial charge on any atom is -0.497 e. The molecule has 0 spiro atoms. The molecule has 1 aliphatic rings. The maximum Gasteiger partial charge on any atom is 0.321 e. The number of anilines is 1. The summed E-state index contributed by atoms with van der Waals surface area (Å²) in [7, 11) is 3.12. The highest BCUT2D eigenvalue weighted by molar-refractivity contribution is 5.98. The van der Waals surface area contributed by atoms with E-state index in [1.54, 1.807) is 39.3 Å². The number of rotatable bonds is 6. The quantitative estimate of drug-likeness (QED) is 0.735. The molecule has 7 heteroatoms. The first kappa shape index (κ1) is 18.9. The van der Waals surface area contributed by atoms with Crippen LogP contribution in [0.1, 0.15) is 39.0 Å². The first-order valence-electron chi connectivity index (χ1n) is 8.63. The third kappa shape index (κ3) is 5.55. The van der Waals surface area contributed by atoms with Crippen molar-refractivity contribution in [2.45, 2.75) is 51.1 Å². The van der Waals surface area contributed by atoms with Crippen molar-refractivity contribution >= 4 is 17.6 Å². The van der Waals surface area contributed by atoms with Gasteiger partial charge in [-0.2, -0.15) is 0 Å². The Morgan fingerprint density at radius 3 is 2.48 bits per heavy atom. The van der Waals surface area contributed by atoms with Crippen molar-refractivity contribution in [3.63, 3.8) is 0 Å². The van der Waals surface area contributed by atoms with Gasteiger partial charge in [0.05, 0.1) is 19.9 Å². The average molecular weight is 349 g/mol. The van der Waals surface area contributed by atoms with Crippen LogP contribution in [0.2, 0.25) is 0 Å². The first-order chi connectivity index (χ1) is 12.0. The molecule has 1 aliphatic carbocycles. The van der Waals surface area contributed by atoms with Crippen molar-refractivity contribution in [3.05, 3.63) is 18.2 Å². The van der Waals surface area contributed by atoms with Crippen molar-refractivity contribution in [1.29, 1.82) is 0 Å². The number of ether oxygens (including phenoxy) is 2. The van der Waals surface area contributed by atoms with Crippen LogP contribution in [0.25, 0.3) is 0 Å². The zero-order valence-electron chi connectivity index (χ0n) is 15.1. The van der Waals surface area contributed by atoms with Crippen molar-refractivity contribution in [1.82, 2.24) is 10.6 Å². The van der Waals surface area contributed by atoms with Gasteiger partial charge in [-0.15, -0.1) is 0 Å². The maximum absolute atomic E-state index is 12.2. The Morgan fingerprint density at radius 1 is 1.12 bits per heavy atom. The van der Waals surface area contributed by atoms with Crippen LogP contribution >= 0.6 is 0 Å². The van der Waals surface area contributed by atoms with Crippen molar-refractivity contribution < 1.29 is 19.1 Å². The largest absolute Gasteiger partial charge is 0.497 e. The van der Waals surface area contributed by atoms with E-state index in [2.05, 4.69) is 16.0 Å². The SMILES string of the molecule is COc1ccc(N[C@@H](C)C(=O)NC(=O)NC2CCCCC2)c(OC)c1. The number of carbonyl (C=O) groups excluding carboxylic acids is 2. The number of benzene rings is 1. The molecule has 3 N–H and O–H groups in total. The first-order valence-corrected chi connectivity index (χ1v) is 8.63. The second kappa shape index (κ2) is 9.15. The summed E-state index contributed by atoms with van der Waals surface area (Å²) in [5.41, 5.74) is 0.652. The summed E-state index contributed by atoms with van der Waals surface area (Å²) < 4.78 is 10.4. The minimum absolute atomic E-state index is 0.159. The number of methoxy groups -OCH3 is 2. The molecule has 138 valence electrons. The van der Waals surface area contributed by atoms with Gasteiger partial charge in [-0.3, -0.25) is 10.1 Å². The number of carbonyl (C=O) groups is 2. The third-order valence-corrected chi connectivity index (χ3v) is 4.35. The molecule has 3 amide bonds. The monoisotopic (exact) mass is 349 g/mol. The number of urea groups is 1. The molecule has 25 heavy (non-hydrogen) atoms. The number of hydrogen-bond acceptors (Lipinski definition) is 5. The summed E-state index contributed by atoms with van der Waals surface area (Å²) >= 11 is 0. The van der Waals surface area contributed by atoms with Crippen molar-refractivity contribution in [2.75, 3.05) is 19.5 Å². The van der Waals surface area contributed by atoms with Crippen LogP contribution < -0.4 is 25.4 Å². The molecule has 2 rings (SSSR count). The molecule has 1 saturated carbocycles. The fraction of sp³-hybridized carbons (Fsp3) is 0.556. The van der Waals surface area contributed by atoms with Gasteiger partial charge in [-0.05, 0) is 31.9 Å². The molecule has 0 aromatic heterocycles. The third-order valence-electron chi connectivity index (χ3n) is 4.35. The lowest BCUT2D eigenvalue weighted by atomic mass is 9.96. The molecular weight excluding hydrogens is 322 g/mol. The van der Waals surface area contributed by atoms with Gasteiger partial charge in [0.2, 0.25) is 5.91 Å². The van der Waals surface area contributed by atoms with E-state index >= 15 is 0 Å². The summed E-state index contributed by atoms with van der Waals surface area (Å²) in [6.45, 7) is 1.69. The summed E-state index contributed by atoms with van der Waals surface area (Å²) in [6, 6.07) is 4.38. The molecule has 0 bridgehead atoms. The van der Waals surface area contributed by atoms with E-state index < -0.39 is 18.0 Å². The van der Waals surface area contributed by atoms with Crippen LogP contribution in [0, 0.1) is 0 Å². The predicted octanol–water partition coefficient (Wildman–Crippen LogP) is 2.66. The van der Waals surface area contributed by atoms with Crippen molar-refractivity contribution in [2.24, 2.45) is 0 Å². The van der Waals surface area contributed by atoms with Gasteiger partial charge < -0.3 is 20.1 Å². The average Bonchev–Trinajstić information content (AvgIpc) is 2.62. The molecule has 0 unspecified atom stereocenters. The topological polar surface area (TPSA) is 88.7 Å². The van der Waals surface area contributed by atoms with Gasteiger partial charge in [0.15, 0.2) is 0 Å². The fourth-order valence-corrected chi connectivity index (χ4v) is 2.91. The van der Waals surface area contributed by atoms with Crippen LogP contribution in [0.5, 0.6) is 11.5 Å². The Hall–Kier alpha value is -2.44. The Labute approximate surface area is 148 Å². The lowest BCUT2D eigenvalue weighted by Crippen LogP contribution is -2.49. The summed E-state index contributed by atoms with van der Waals surface area (Å²) in [6.07, 6.45) is 5.39. The zero-order chi connectivity index (χ0) is 18.2. The molecule has 0 saturated heterocycles. The summed E-state index contributed by atoms with van der Waals surface area (Å²) in [5.74, 6) is 0.822. The molecule has 1 aromatic rings. The smallest absolute Gasteiger partial charge is 0.321 e. The standard InChI is InChI=1S/C18H27N3O4/c1-12(19-15-10-9-14(24-2)11-16(15)25-3)17(22)21-18(23)20-13-7-5-4-6-8-13/h9-13,19H,4-8H2,1-3H3,(H2,20,21,22,23)/t12-/m0/s1. The molecule has 1 fully saturated rings. The highest BCUT2D eigenvalue weighted by atomic mass is 16.5. The second-order valence-corrected chi connectivity index (χ2v) is 6.23. The van der Waals surface area contributed by atoms with E-state index in [1.807, 2.05) is 0 Å². The van der Waals surface area contributed by atoms with E-state index in [4.69, 9.17) is 9.47 Å². The summed E-state index contributed by atoms with van der Waals surface area (Å²) in [5, 5.41) is 8.31. The number of amides is 3. The highest BCUT2D eigenvalue weighted by Crippen LogP contribution is 2.29. The second-order valence-electron chi connectivity index (χ2n) is 6.23. The van der Waals surface area contributed by atoms with E-state index in [0.717, 1.165) is 25.7 Å². The predicted molar refractivity (Wildman–Crippen MR) is 96.2 cm³/mol. The van der Waals surface area contributed by atoms with Gasteiger partial charge in [0.25, 0.3) is 0 Å². The number of imide groups is 1.